The van der Waals surface area contributed by atoms with Crippen LogP contribution in [-0.2, 0) is 0 Å². The van der Waals surface area contributed by atoms with E-state index >= 15 is 0 Å². The summed E-state index contributed by atoms with van der Waals surface area (Å²) in [5, 5.41) is 12.6. The van der Waals surface area contributed by atoms with Gasteiger partial charge in [0, 0.05) is 18.6 Å². The highest BCUT2D eigenvalue weighted by atomic mass is 16.3. The maximum absolute atomic E-state index is 9.24. The third kappa shape index (κ3) is 4.60. The molecule has 0 aliphatic heterocycles. The molecule has 1 unspecified atom stereocenters. The number of hydrogen-bond donors (Lipinski definition) is 2. The average molecular weight is 188 g/mol. The van der Waals surface area contributed by atoms with Crippen LogP contribution in [0.5, 0.6) is 0 Å². The number of nitrogens with zero attached hydrogens (tertiary/aromatic N) is 1. The van der Waals surface area contributed by atoms with Gasteiger partial charge in [0.1, 0.15) is 0 Å². The molecule has 0 spiro atoms. The first-order valence-electron chi connectivity index (χ1n) is 4.93. The Balaban J connectivity index is 3.84. The molecule has 13 heavy (non-hydrogen) atoms. The molecule has 3 heteroatoms. The lowest BCUT2D eigenvalue weighted by Crippen LogP contribution is -2.51. The van der Waals surface area contributed by atoms with Crippen molar-refractivity contribution in [3.8, 4) is 0 Å². The van der Waals surface area contributed by atoms with Gasteiger partial charge in [0.15, 0.2) is 0 Å². The fourth-order valence-electron chi connectivity index (χ4n) is 1.01. The molecule has 0 aliphatic carbocycles. The third-order valence-electron chi connectivity index (χ3n) is 2.69. The molecule has 80 valence electrons. The normalized spacial score (nSPS) is 16.6. The second-order valence-electron chi connectivity index (χ2n) is 4.46. The first kappa shape index (κ1) is 12.9. The van der Waals surface area contributed by atoms with Gasteiger partial charge < -0.3 is 15.3 Å². The van der Waals surface area contributed by atoms with Gasteiger partial charge in [0.25, 0.3) is 0 Å². The molecule has 0 radical (unpaired) electrons. The molecule has 0 aromatic carbocycles. The monoisotopic (exact) mass is 188 g/mol. The summed E-state index contributed by atoms with van der Waals surface area (Å²) in [5.41, 5.74) is -0.143. The highest BCUT2D eigenvalue weighted by Gasteiger charge is 2.26. The van der Waals surface area contributed by atoms with Crippen LogP contribution < -0.4 is 5.32 Å². The number of hydrogen-bond acceptors (Lipinski definition) is 3. The molecule has 0 saturated heterocycles. The van der Waals surface area contributed by atoms with Gasteiger partial charge in [-0.3, -0.25) is 0 Å². The van der Waals surface area contributed by atoms with E-state index in [1.54, 1.807) is 0 Å². The summed E-state index contributed by atoms with van der Waals surface area (Å²) in [6, 6.07) is 0. The predicted octanol–water partition coefficient (Wildman–Crippen LogP) is 0.545. The van der Waals surface area contributed by atoms with Crippen molar-refractivity contribution in [2.45, 2.75) is 26.3 Å². The van der Waals surface area contributed by atoms with Crippen molar-refractivity contribution in [3.05, 3.63) is 0 Å². The van der Waals surface area contributed by atoms with Gasteiger partial charge in [-0.15, -0.1) is 0 Å². The van der Waals surface area contributed by atoms with Crippen molar-refractivity contribution >= 4 is 0 Å². The molecule has 0 bridgehead atoms. The zero-order chi connectivity index (χ0) is 10.5. The summed E-state index contributed by atoms with van der Waals surface area (Å²) < 4.78 is 0. The summed E-state index contributed by atoms with van der Waals surface area (Å²) in [7, 11) is 4.10. The highest BCUT2D eigenvalue weighted by Crippen LogP contribution is 2.14. The maximum Gasteiger partial charge on any atom is 0.0613 e. The molecule has 0 aromatic heterocycles. The number of likely N-dealkylation sites (N-methyl/N-ethyl adjacent to an activating group) is 1. The quantitative estimate of drug-likeness (QED) is 0.639. The molecule has 0 fully saturated rings. The first-order chi connectivity index (χ1) is 5.92. The third-order valence-corrected chi connectivity index (χ3v) is 2.69. The van der Waals surface area contributed by atoms with Crippen LogP contribution in [0.15, 0.2) is 0 Å². The lowest BCUT2D eigenvalue weighted by molar-refractivity contribution is 0.131. The van der Waals surface area contributed by atoms with E-state index in [4.69, 9.17) is 0 Å². The Morgan fingerprint density at radius 1 is 1.38 bits per heavy atom. The van der Waals surface area contributed by atoms with Crippen LogP contribution in [0.3, 0.4) is 0 Å². The summed E-state index contributed by atoms with van der Waals surface area (Å²) in [5.74, 6) is 0.444. The minimum Gasteiger partial charge on any atom is -0.394 e. The number of aliphatic hydroxyl groups excluding tert-OH is 1. The molecule has 1 atom stereocenters. The molecule has 2 N–H and O–H groups in total. The molecule has 0 amide bonds. The molecule has 0 aliphatic rings. The van der Waals surface area contributed by atoms with Crippen molar-refractivity contribution in [2.24, 2.45) is 5.92 Å². The van der Waals surface area contributed by atoms with Crippen molar-refractivity contribution in [1.82, 2.24) is 10.2 Å². The zero-order valence-electron chi connectivity index (χ0n) is 9.59. The van der Waals surface area contributed by atoms with Crippen molar-refractivity contribution in [1.29, 1.82) is 0 Å². The van der Waals surface area contributed by atoms with E-state index in [9.17, 15) is 5.11 Å². The number of rotatable bonds is 6. The van der Waals surface area contributed by atoms with Gasteiger partial charge in [0.05, 0.1) is 6.61 Å². The highest BCUT2D eigenvalue weighted by molar-refractivity contribution is 4.85. The Bertz CT molecular complexity index is 137. The summed E-state index contributed by atoms with van der Waals surface area (Å²) in [6.07, 6.45) is 0. The first-order valence-corrected chi connectivity index (χ1v) is 4.93. The number of nitrogens with one attached hydrogen (secondary N) is 1. The summed E-state index contributed by atoms with van der Waals surface area (Å²) in [6.45, 7) is 8.42. The van der Waals surface area contributed by atoms with Crippen molar-refractivity contribution in [3.63, 3.8) is 0 Å². The second-order valence-corrected chi connectivity index (χ2v) is 4.46. The minimum atomic E-state index is -0.143. The molecule has 0 heterocycles. The maximum atomic E-state index is 9.24. The van der Waals surface area contributed by atoms with Crippen molar-refractivity contribution < 1.29 is 5.11 Å². The van der Waals surface area contributed by atoms with E-state index in [0.29, 0.717) is 5.92 Å². The molecular formula is C10H24N2O. The van der Waals surface area contributed by atoms with Crippen LogP contribution in [0.1, 0.15) is 20.8 Å². The fourth-order valence-corrected chi connectivity index (χ4v) is 1.01. The van der Waals surface area contributed by atoms with Crippen LogP contribution in [0.4, 0.5) is 0 Å². The molecule has 0 aromatic rings. The molecule has 0 saturated carbocycles. The molecular weight excluding hydrogens is 164 g/mol. The van der Waals surface area contributed by atoms with Gasteiger partial charge in [-0.1, -0.05) is 13.8 Å². The van der Waals surface area contributed by atoms with E-state index in [2.05, 4.69) is 31.0 Å². The standard InChI is InChI=1S/C10H24N2O/c1-9(2)10(3,8-13)11-6-7-12(4)5/h9,11,13H,6-8H2,1-5H3. The van der Waals surface area contributed by atoms with Gasteiger partial charge in [0.2, 0.25) is 0 Å². The zero-order valence-corrected chi connectivity index (χ0v) is 9.59. The lowest BCUT2D eigenvalue weighted by atomic mass is 9.89. The Morgan fingerprint density at radius 3 is 2.23 bits per heavy atom. The Kier molecular flexibility index (Phi) is 5.53. The van der Waals surface area contributed by atoms with Gasteiger partial charge >= 0.3 is 0 Å². The van der Waals surface area contributed by atoms with Crippen LogP contribution in [-0.4, -0.2) is 49.3 Å². The summed E-state index contributed by atoms with van der Waals surface area (Å²) >= 11 is 0. The SMILES string of the molecule is CC(C)C(C)(CO)NCCN(C)C. The van der Waals surface area contributed by atoms with E-state index in [0.717, 1.165) is 13.1 Å². The van der Waals surface area contributed by atoms with Crippen molar-refractivity contribution in [2.75, 3.05) is 33.8 Å². The predicted molar refractivity (Wildman–Crippen MR) is 56.9 cm³/mol. The van der Waals surface area contributed by atoms with Gasteiger partial charge in [-0.25, -0.2) is 0 Å². The van der Waals surface area contributed by atoms with Crippen LogP contribution in [0, 0.1) is 5.92 Å². The van der Waals surface area contributed by atoms with E-state index < -0.39 is 0 Å². The number of aliphatic hydroxyl groups is 1. The van der Waals surface area contributed by atoms with Crippen LogP contribution >= 0.6 is 0 Å². The average Bonchev–Trinajstić information content (AvgIpc) is 2.03. The second kappa shape index (κ2) is 5.58. The smallest absolute Gasteiger partial charge is 0.0613 e. The van der Waals surface area contributed by atoms with E-state index in [1.807, 2.05) is 14.1 Å². The minimum absolute atomic E-state index is 0.143. The largest absolute Gasteiger partial charge is 0.394 e. The molecule has 3 nitrogen and oxygen atoms in total. The van der Waals surface area contributed by atoms with Gasteiger partial charge in [-0.2, -0.15) is 0 Å². The van der Waals surface area contributed by atoms with E-state index in [1.165, 1.54) is 0 Å². The lowest BCUT2D eigenvalue weighted by Gasteiger charge is -2.33. The Labute approximate surface area is 82.1 Å². The Hall–Kier alpha value is -0.120. The summed E-state index contributed by atoms with van der Waals surface area (Å²) in [4.78, 5) is 2.13. The van der Waals surface area contributed by atoms with Crippen LogP contribution in [0.25, 0.3) is 0 Å². The van der Waals surface area contributed by atoms with Crippen LogP contribution in [0.2, 0.25) is 0 Å². The molecule has 0 rings (SSSR count). The van der Waals surface area contributed by atoms with E-state index in [-0.39, 0.29) is 12.1 Å². The van der Waals surface area contributed by atoms with Gasteiger partial charge in [-0.05, 0) is 26.9 Å². The topological polar surface area (TPSA) is 35.5 Å². The fraction of sp³-hybridized carbons (Fsp3) is 1.00. The Morgan fingerprint density at radius 2 is 1.92 bits per heavy atom.